The van der Waals surface area contributed by atoms with E-state index >= 15 is 0 Å². The number of hydrogen-bond donors (Lipinski definition) is 1. The summed E-state index contributed by atoms with van der Waals surface area (Å²) in [6, 6.07) is 8.63. The van der Waals surface area contributed by atoms with Gasteiger partial charge in [-0.3, -0.25) is 4.99 Å². The normalized spacial score (nSPS) is 12.9. The van der Waals surface area contributed by atoms with Crippen LogP contribution in [0.4, 0.5) is 0 Å². The molecule has 7 heteroatoms. The van der Waals surface area contributed by atoms with Gasteiger partial charge in [-0.1, -0.05) is 17.7 Å². The maximum Gasteiger partial charge on any atom is 0.193 e. The Morgan fingerprint density at radius 1 is 1.38 bits per heavy atom. The van der Waals surface area contributed by atoms with E-state index in [1.54, 1.807) is 18.4 Å². The summed E-state index contributed by atoms with van der Waals surface area (Å²) in [6.07, 6.45) is 0.0373. The van der Waals surface area contributed by atoms with Gasteiger partial charge < -0.3 is 15.0 Å². The Bertz CT molecular complexity index is 700. The molecule has 0 spiro atoms. The first-order valence-electron chi connectivity index (χ1n) is 8.61. The third kappa shape index (κ3) is 6.30. The highest BCUT2D eigenvalue weighted by atomic mass is 32.2. The molecule has 0 saturated heterocycles. The Morgan fingerprint density at radius 3 is 2.77 bits per heavy atom. The number of rotatable bonds is 8. The molecule has 1 heterocycles. The number of benzene rings is 1. The molecular weight excluding hydrogens is 364 g/mol. The predicted molar refractivity (Wildman–Crippen MR) is 112 cm³/mol. The Balaban J connectivity index is 1.78. The van der Waals surface area contributed by atoms with Crippen LogP contribution in [0.3, 0.4) is 0 Å². The number of nitrogens with zero attached hydrogens (tertiary/aromatic N) is 3. The van der Waals surface area contributed by atoms with E-state index in [9.17, 15) is 0 Å². The largest absolute Gasteiger partial charge is 0.375 e. The standard InChI is InChI=1S/C19H28N4OS2/c1-14-6-8-17(9-7-14)25-11-10-21-19(20-3)23(4)12-16-13-26-18(22-16)15(2)24-5/h6-9,13,15H,10-12H2,1-5H3,(H,20,21). The van der Waals surface area contributed by atoms with Crippen molar-refractivity contribution in [2.45, 2.75) is 31.4 Å². The molecule has 0 aliphatic carbocycles. The molecular formula is C19H28N4OS2. The van der Waals surface area contributed by atoms with Gasteiger partial charge in [0, 0.05) is 43.8 Å². The summed E-state index contributed by atoms with van der Waals surface area (Å²) in [4.78, 5) is 12.4. The minimum absolute atomic E-state index is 0.0373. The van der Waals surface area contributed by atoms with E-state index in [-0.39, 0.29) is 6.10 Å². The topological polar surface area (TPSA) is 49.8 Å². The maximum absolute atomic E-state index is 5.33. The molecule has 0 aliphatic rings. The van der Waals surface area contributed by atoms with Crippen LogP contribution < -0.4 is 5.32 Å². The number of aromatic nitrogens is 1. The van der Waals surface area contributed by atoms with Gasteiger partial charge in [-0.15, -0.1) is 23.1 Å². The minimum Gasteiger partial charge on any atom is -0.375 e. The second-order valence-corrected chi connectivity index (χ2v) is 8.10. The van der Waals surface area contributed by atoms with Gasteiger partial charge in [0.05, 0.1) is 12.2 Å². The second-order valence-electron chi connectivity index (χ2n) is 6.05. The fourth-order valence-corrected chi connectivity index (χ4v) is 3.96. The van der Waals surface area contributed by atoms with Crippen LogP contribution in [0.5, 0.6) is 0 Å². The Labute approximate surface area is 164 Å². The lowest BCUT2D eigenvalue weighted by atomic mass is 10.2. The van der Waals surface area contributed by atoms with Crippen molar-refractivity contribution in [2.24, 2.45) is 4.99 Å². The van der Waals surface area contributed by atoms with E-state index in [4.69, 9.17) is 4.74 Å². The molecule has 0 radical (unpaired) electrons. The molecule has 142 valence electrons. The van der Waals surface area contributed by atoms with Gasteiger partial charge in [0.1, 0.15) is 11.1 Å². The van der Waals surface area contributed by atoms with Crippen molar-refractivity contribution in [2.75, 3.05) is 33.5 Å². The zero-order chi connectivity index (χ0) is 18.9. The highest BCUT2D eigenvalue weighted by molar-refractivity contribution is 7.99. The van der Waals surface area contributed by atoms with Crippen LogP contribution >= 0.6 is 23.1 Å². The number of guanidine groups is 1. The molecule has 5 nitrogen and oxygen atoms in total. The number of aliphatic imine (C=N–C) groups is 1. The van der Waals surface area contributed by atoms with Crippen molar-refractivity contribution < 1.29 is 4.74 Å². The van der Waals surface area contributed by atoms with E-state index in [0.717, 1.165) is 35.5 Å². The van der Waals surface area contributed by atoms with Crippen LogP contribution in [0.1, 0.15) is 29.3 Å². The highest BCUT2D eigenvalue weighted by Crippen LogP contribution is 2.21. The number of nitrogens with one attached hydrogen (secondary N) is 1. The monoisotopic (exact) mass is 392 g/mol. The van der Waals surface area contributed by atoms with Crippen LogP contribution in [0, 0.1) is 6.92 Å². The summed E-state index contributed by atoms with van der Waals surface area (Å²) in [5.41, 5.74) is 2.33. The molecule has 0 fully saturated rings. The van der Waals surface area contributed by atoms with Crippen molar-refractivity contribution in [3.05, 3.63) is 45.9 Å². The fraction of sp³-hybridized carbons (Fsp3) is 0.474. The van der Waals surface area contributed by atoms with Gasteiger partial charge >= 0.3 is 0 Å². The Morgan fingerprint density at radius 2 is 2.12 bits per heavy atom. The molecule has 0 saturated carbocycles. The van der Waals surface area contributed by atoms with E-state index in [1.165, 1.54) is 10.5 Å². The summed E-state index contributed by atoms with van der Waals surface area (Å²) in [5, 5.41) is 6.51. The van der Waals surface area contributed by atoms with Gasteiger partial charge in [-0.2, -0.15) is 0 Å². The van der Waals surface area contributed by atoms with Crippen LogP contribution in [-0.2, 0) is 11.3 Å². The molecule has 1 atom stereocenters. The predicted octanol–water partition coefficient (Wildman–Crippen LogP) is 3.96. The molecule has 0 aliphatic heterocycles. The van der Waals surface area contributed by atoms with Crippen molar-refractivity contribution in [1.29, 1.82) is 0 Å². The van der Waals surface area contributed by atoms with Gasteiger partial charge in [0.25, 0.3) is 0 Å². The van der Waals surface area contributed by atoms with E-state index in [0.29, 0.717) is 0 Å². The summed E-state index contributed by atoms with van der Waals surface area (Å²) in [7, 11) is 5.55. The molecule has 0 bridgehead atoms. The number of hydrogen-bond acceptors (Lipinski definition) is 5. The van der Waals surface area contributed by atoms with Crippen molar-refractivity contribution in [3.8, 4) is 0 Å². The number of methoxy groups -OCH3 is 1. The lowest BCUT2D eigenvalue weighted by Crippen LogP contribution is -2.39. The number of aryl methyl sites for hydroxylation is 1. The molecule has 0 amide bonds. The zero-order valence-electron chi connectivity index (χ0n) is 16.2. The summed E-state index contributed by atoms with van der Waals surface area (Å²) in [5.74, 6) is 1.87. The first kappa shape index (κ1) is 20.7. The first-order chi connectivity index (χ1) is 12.5. The fourth-order valence-electron chi connectivity index (χ4n) is 2.35. The molecule has 2 aromatic rings. The van der Waals surface area contributed by atoms with Crippen molar-refractivity contribution in [3.63, 3.8) is 0 Å². The van der Waals surface area contributed by atoms with Crippen LogP contribution in [0.25, 0.3) is 0 Å². The smallest absolute Gasteiger partial charge is 0.193 e. The van der Waals surface area contributed by atoms with Gasteiger partial charge in [-0.25, -0.2) is 4.98 Å². The van der Waals surface area contributed by atoms with Gasteiger partial charge in [0.15, 0.2) is 5.96 Å². The van der Waals surface area contributed by atoms with E-state index in [2.05, 4.69) is 56.8 Å². The van der Waals surface area contributed by atoms with Crippen molar-refractivity contribution >= 4 is 29.1 Å². The second kappa shape index (κ2) is 10.5. The average molecular weight is 393 g/mol. The first-order valence-corrected chi connectivity index (χ1v) is 10.5. The molecule has 1 unspecified atom stereocenters. The number of thioether (sulfide) groups is 1. The SMILES string of the molecule is CN=C(NCCSc1ccc(C)cc1)N(C)Cc1csc(C(C)OC)n1. The summed E-state index contributed by atoms with van der Waals surface area (Å²) >= 11 is 3.48. The van der Waals surface area contributed by atoms with Crippen LogP contribution in [0.15, 0.2) is 39.5 Å². The molecule has 2 rings (SSSR count). The lowest BCUT2D eigenvalue weighted by Gasteiger charge is -2.21. The summed E-state index contributed by atoms with van der Waals surface area (Å²) in [6.45, 7) is 5.70. The number of ether oxygens (including phenoxy) is 1. The lowest BCUT2D eigenvalue weighted by molar-refractivity contribution is 0.119. The van der Waals surface area contributed by atoms with E-state index in [1.807, 2.05) is 32.8 Å². The van der Waals surface area contributed by atoms with Crippen LogP contribution in [0.2, 0.25) is 0 Å². The minimum atomic E-state index is 0.0373. The summed E-state index contributed by atoms with van der Waals surface area (Å²) < 4.78 is 5.33. The van der Waals surface area contributed by atoms with E-state index < -0.39 is 0 Å². The molecule has 1 aromatic heterocycles. The number of thiazole rings is 1. The van der Waals surface area contributed by atoms with Gasteiger partial charge in [0.2, 0.25) is 0 Å². The molecule has 26 heavy (non-hydrogen) atoms. The van der Waals surface area contributed by atoms with Crippen LogP contribution in [-0.4, -0.2) is 49.3 Å². The average Bonchev–Trinajstić information content (AvgIpc) is 3.11. The third-order valence-corrected chi connectivity index (χ3v) is 5.99. The molecule has 1 aromatic carbocycles. The quantitative estimate of drug-likeness (QED) is 0.319. The Hall–Kier alpha value is -1.57. The molecule has 1 N–H and O–H groups in total. The van der Waals surface area contributed by atoms with Gasteiger partial charge in [-0.05, 0) is 26.0 Å². The van der Waals surface area contributed by atoms with Crippen molar-refractivity contribution in [1.82, 2.24) is 15.2 Å². The third-order valence-electron chi connectivity index (χ3n) is 3.92. The maximum atomic E-state index is 5.33. The Kier molecular flexibility index (Phi) is 8.41. The zero-order valence-corrected chi connectivity index (χ0v) is 17.8. The highest BCUT2D eigenvalue weighted by Gasteiger charge is 2.12.